The lowest BCUT2D eigenvalue weighted by atomic mass is 10.1. The molecule has 0 amide bonds. The molecule has 0 unspecified atom stereocenters. The maximum atomic E-state index is 12.9. The van der Waals surface area contributed by atoms with Crippen LogP contribution in [-0.4, -0.2) is 23.1 Å². The van der Waals surface area contributed by atoms with Crippen molar-refractivity contribution in [1.29, 1.82) is 0 Å². The highest BCUT2D eigenvalue weighted by molar-refractivity contribution is 5.46. The molecule has 0 spiro atoms. The minimum Gasteiger partial charge on any atom is -0.370 e. The molecule has 2 N–H and O–H groups in total. The largest absolute Gasteiger partial charge is 0.370 e. The molecule has 0 saturated carbocycles. The van der Waals surface area contributed by atoms with Crippen LogP contribution in [0.4, 0.5) is 16.0 Å². The van der Waals surface area contributed by atoms with Gasteiger partial charge in [-0.15, -0.1) is 0 Å². The van der Waals surface area contributed by atoms with Crippen molar-refractivity contribution in [3.63, 3.8) is 0 Å². The Balaban J connectivity index is 1.40. The van der Waals surface area contributed by atoms with Crippen molar-refractivity contribution in [2.75, 3.05) is 23.7 Å². The second kappa shape index (κ2) is 9.51. The maximum absolute atomic E-state index is 12.9. The van der Waals surface area contributed by atoms with E-state index in [0.29, 0.717) is 0 Å². The zero-order valence-electron chi connectivity index (χ0n) is 14.7. The molecule has 0 bridgehead atoms. The molecule has 0 saturated heterocycles. The molecule has 0 aliphatic rings. The van der Waals surface area contributed by atoms with Gasteiger partial charge in [-0.3, -0.25) is 0 Å². The summed E-state index contributed by atoms with van der Waals surface area (Å²) in [4.78, 5) is 8.49. The second-order valence-electron chi connectivity index (χ2n) is 6.11. The van der Waals surface area contributed by atoms with E-state index in [1.54, 1.807) is 18.5 Å². The van der Waals surface area contributed by atoms with Crippen molar-refractivity contribution < 1.29 is 4.39 Å². The summed E-state index contributed by atoms with van der Waals surface area (Å²) in [5, 5.41) is 6.62. The van der Waals surface area contributed by atoms with Crippen LogP contribution >= 0.6 is 0 Å². The Morgan fingerprint density at radius 2 is 1.38 bits per heavy atom. The summed E-state index contributed by atoms with van der Waals surface area (Å²) in [7, 11) is 0. The quantitative estimate of drug-likeness (QED) is 0.565. The van der Waals surface area contributed by atoms with E-state index in [0.717, 1.165) is 49.6 Å². The number of rotatable bonds is 9. The molecule has 3 aromatic rings. The number of anilines is 2. The molecule has 134 valence electrons. The van der Waals surface area contributed by atoms with Crippen molar-refractivity contribution >= 4 is 11.6 Å². The van der Waals surface area contributed by atoms with Crippen molar-refractivity contribution in [2.24, 2.45) is 0 Å². The van der Waals surface area contributed by atoms with Crippen LogP contribution in [0.3, 0.4) is 0 Å². The number of aromatic nitrogens is 2. The Morgan fingerprint density at radius 1 is 0.731 bits per heavy atom. The number of aryl methyl sites for hydroxylation is 1. The second-order valence-corrected chi connectivity index (χ2v) is 6.11. The van der Waals surface area contributed by atoms with E-state index in [1.807, 2.05) is 12.1 Å². The molecule has 0 atom stereocenters. The molecule has 0 radical (unpaired) electrons. The van der Waals surface area contributed by atoms with Gasteiger partial charge in [-0.1, -0.05) is 42.5 Å². The van der Waals surface area contributed by atoms with Crippen molar-refractivity contribution in [3.8, 4) is 0 Å². The van der Waals surface area contributed by atoms with Crippen LogP contribution in [0.1, 0.15) is 17.5 Å². The van der Waals surface area contributed by atoms with Crippen molar-refractivity contribution in [3.05, 3.63) is 83.9 Å². The molecular formula is C21H23FN4. The summed E-state index contributed by atoms with van der Waals surface area (Å²) in [5.74, 6) is 1.39. The van der Waals surface area contributed by atoms with Gasteiger partial charge in [-0.25, -0.2) is 14.4 Å². The average molecular weight is 350 g/mol. The molecule has 2 aromatic carbocycles. The SMILES string of the molecule is Fc1ccc(CCNc2cc(NCCCc3ccccc3)ncn2)cc1. The molecular weight excluding hydrogens is 327 g/mol. The summed E-state index contributed by atoms with van der Waals surface area (Å²) >= 11 is 0. The van der Waals surface area contributed by atoms with Crippen LogP contribution in [0, 0.1) is 5.82 Å². The van der Waals surface area contributed by atoms with Crippen LogP contribution in [0.5, 0.6) is 0 Å². The standard InChI is InChI=1S/C21H23FN4/c22-19-10-8-18(9-11-19)12-14-24-21-15-20(25-16-26-21)23-13-4-7-17-5-2-1-3-6-17/h1-3,5-6,8-11,15-16H,4,7,12-14H2,(H2,23,24,25,26). The molecule has 5 heteroatoms. The third-order valence-corrected chi connectivity index (χ3v) is 4.09. The topological polar surface area (TPSA) is 49.8 Å². The first kappa shape index (κ1) is 17.9. The zero-order valence-corrected chi connectivity index (χ0v) is 14.7. The molecule has 0 aliphatic carbocycles. The highest BCUT2D eigenvalue weighted by Gasteiger charge is 2.00. The van der Waals surface area contributed by atoms with Crippen LogP contribution in [0.25, 0.3) is 0 Å². The number of benzene rings is 2. The van der Waals surface area contributed by atoms with Gasteiger partial charge in [-0.05, 0) is 42.5 Å². The lowest BCUT2D eigenvalue weighted by Crippen LogP contribution is -2.09. The summed E-state index contributed by atoms with van der Waals surface area (Å²) < 4.78 is 12.9. The predicted molar refractivity (Wildman–Crippen MR) is 104 cm³/mol. The first-order chi connectivity index (χ1) is 12.8. The van der Waals surface area contributed by atoms with Gasteiger partial charge in [0.25, 0.3) is 0 Å². The highest BCUT2D eigenvalue weighted by atomic mass is 19.1. The fraction of sp³-hybridized carbons (Fsp3) is 0.238. The molecule has 0 fully saturated rings. The Kier molecular flexibility index (Phi) is 6.53. The first-order valence-corrected chi connectivity index (χ1v) is 8.88. The molecule has 1 aromatic heterocycles. The lowest BCUT2D eigenvalue weighted by molar-refractivity contribution is 0.627. The number of nitrogens with zero attached hydrogens (tertiary/aromatic N) is 2. The average Bonchev–Trinajstić information content (AvgIpc) is 2.68. The van der Waals surface area contributed by atoms with Gasteiger partial charge in [0.1, 0.15) is 23.8 Å². The molecule has 3 rings (SSSR count). The van der Waals surface area contributed by atoms with E-state index < -0.39 is 0 Å². The molecule has 0 aliphatic heterocycles. The Bertz CT molecular complexity index is 791. The van der Waals surface area contributed by atoms with E-state index in [-0.39, 0.29) is 5.82 Å². The lowest BCUT2D eigenvalue weighted by Gasteiger charge is -2.09. The van der Waals surface area contributed by atoms with Crippen LogP contribution in [0.15, 0.2) is 67.0 Å². The minimum atomic E-state index is -0.208. The summed E-state index contributed by atoms with van der Waals surface area (Å²) in [6.45, 7) is 1.59. The molecule has 26 heavy (non-hydrogen) atoms. The fourth-order valence-electron chi connectivity index (χ4n) is 2.69. The van der Waals surface area contributed by atoms with Gasteiger partial charge < -0.3 is 10.6 Å². The van der Waals surface area contributed by atoms with Gasteiger partial charge in [0.15, 0.2) is 0 Å². The first-order valence-electron chi connectivity index (χ1n) is 8.88. The smallest absolute Gasteiger partial charge is 0.131 e. The van der Waals surface area contributed by atoms with E-state index in [1.165, 1.54) is 17.7 Å². The Hall–Kier alpha value is -2.95. The van der Waals surface area contributed by atoms with E-state index in [4.69, 9.17) is 0 Å². The minimum absolute atomic E-state index is 0.208. The fourth-order valence-corrected chi connectivity index (χ4v) is 2.69. The van der Waals surface area contributed by atoms with Gasteiger partial charge in [0, 0.05) is 19.2 Å². The van der Waals surface area contributed by atoms with Gasteiger partial charge in [0.05, 0.1) is 0 Å². The third-order valence-electron chi connectivity index (χ3n) is 4.09. The van der Waals surface area contributed by atoms with Crippen molar-refractivity contribution in [2.45, 2.75) is 19.3 Å². The Labute approximate surface area is 153 Å². The van der Waals surface area contributed by atoms with E-state index in [9.17, 15) is 4.39 Å². The van der Waals surface area contributed by atoms with Gasteiger partial charge in [0.2, 0.25) is 0 Å². The van der Waals surface area contributed by atoms with Crippen LogP contribution < -0.4 is 10.6 Å². The number of halogens is 1. The summed E-state index contributed by atoms with van der Waals surface area (Å²) in [6.07, 6.45) is 4.45. The molecule has 1 heterocycles. The third kappa shape index (κ3) is 5.84. The maximum Gasteiger partial charge on any atom is 0.131 e. The van der Waals surface area contributed by atoms with Gasteiger partial charge >= 0.3 is 0 Å². The summed E-state index contributed by atoms with van der Waals surface area (Å²) in [5.41, 5.74) is 2.44. The number of hydrogen-bond acceptors (Lipinski definition) is 4. The molecule has 4 nitrogen and oxygen atoms in total. The number of nitrogens with one attached hydrogen (secondary N) is 2. The zero-order chi connectivity index (χ0) is 18.0. The van der Waals surface area contributed by atoms with E-state index in [2.05, 4.69) is 44.9 Å². The monoisotopic (exact) mass is 350 g/mol. The highest BCUT2D eigenvalue weighted by Crippen LogP contribution is 2.10. The normalized spacial score (nSPS) is 10.5. The summed E-state index contributed by atoms with van der Waals surface area (Å²) in [6, 6.07) is 18.9. The van der Waals surface area contributed by atoms with Crippen LogP contribution in [0.2, 0.25) is 0 Å². The van der Waals surface area contributed by atoms with Gasteiger partial charge in [-0.2, -0.15) is 0 Å². The predicted octanol–water partition coefficient (Wildman–Crippen LogP) is 4.32. The van der Waals surface area contributed by atoms with E-state index >= 15 is 0 Å². The number of hydrogen-bond donors (Lipinski definition) is 2. The van der Waals surface area contributed by atoms with Crippen LogP contribution in [-0.2, 0) is 12.8 Å². The Morgan fingerprint density at radius 3 is 2.12 bits per heavy atom. The van der Waals surface area contributed by atoms with Crippen molar-refractivity contribution in [1.82, 2.24) is 9.97 Å².